The fourth-order valence-corrected chi connectivity index (χ4v) is 7.72. The molecule has 5 heteroatoms. The number of hydrogen-bond acceptors (Lipinski definition) is 2. The minimum atomic E-state index is -1.95. The predicted molar refractivity (Wildman–Crippen MR) is 143 cm³/mol. The van der Waals surface area contributed by atoms with Crippen molar-refractivity contribution >= 4 is 24.9 Å². The predicted octanol–water partition coefficient (Wildman–Crippen LogP) is 8.15. The molecule has 0 aliphatic heterocycles. The monoisotopic (exact) mass is 523 g/mol. The second-order valence-electron chi connectivity index (χ2n) is 10.4. The van der Waals surface area contributed by atoms with E-state index >= 15 is 0 Å². The Labute approximate surface area is 213 Å². The normalized spacial score (nSPS) is 12.2. The van der Waals surface area contributed by atoms with E-state index < -0.39 is 14.4 Å². The van der Waals surface area contributed by atoms with E-state index in [1.165, 1.54) is 27.6 Å². The Morgan fingerprint density at radius 2 is 1.06 bits per heavy atom. The van der Waals surface area contributed by atoms with Gasteiger partial charge in [0.1, 0.15) is 0 Å². The van der Waals surface area contributed by atoms with Crippen molar-refractivity contribution in [1.29, 1.82) is 0 Å². The van der Waals surface area contributed by atoms with Gasteiger partial charge < -0.3 is 0 Å². The van der Waals surface area contributed by atoms with Crippen LogP contribution in [0.3, 0.4) is 0 Å². The molecule has 0 aliphatic carbocycles. The molecule has 0 radical (unpaired) electrons. The molecule has 0 bridgehead atoms. The first kappa shape index (κ1) is 27.8. The molecule has 0 amide bonds. The van der Waals surface area contributed by atoms with E-state index in [0.29, 0.717) is 7.23 Å². The molecule has 0 aromatic heterocycles. The molecule has 0 spiro atoms. The minimum Gasteiger partial charge on any atom is -0.147 e. The molecule has 3 rings (SSSR count). The molecule has 3 aromatic rings. The molecule has 0 saturated heterocycles. The second-order valence-corrected chi connectivity index (χ2v) is 14.7. The van der Waals surface area contributed by atoms with Gasteiger partial charge in [-0.1, -0.05) is 0 Å². The maximum Gasteiger partial charge on any atom is -0.147 e. The molecule has 0 saturated carbocycles. The zero-order chi connectivity index (χ0) is 23.5. The van der Waals surface area contributed by atoms with Crippen LogP contribution in [0, 0.1) is 13.8 Å². The summed E-state index contributed by atoms with van der Waals surface area (Å²) in [7, 11) is 0.481. The molecule has 1 unspecified atom stereocenters. The number of aryl methyl sites for hydroxylation is 2. The van der Waals surface area contributed by atoms with Crippen molar-refractivity contribution in [3.63, 3.8) is 0 Å². The molecule has 0 aliphatic rings. The third kappa shape index (κ3) is 7.77. The van der Waals surface area contributed by atoms with Crippen molar-refractivity contribution < 1.29 is 21.9 Å². The average Bonchev–Trinajstić information content (AvgIpc) is 2.70. The molecule has 0 heterocycles. The maximum atomic E-state index is 6.75. The van der Waals surface area contributed by atoms with Crippen LogP contribution in [0.25, 0.3) is 0 Å². The van der Waals surface area contributed by atoms with E-state index in [9.17, 15) is 0 Å². The average molecular weight is 524 g/mol. The molecule has 0 fully saturated rings. The van der Waals surface area contributed by atoms with Crippen LogP contribution in [-0.2, 0) is 25.2 Å². The summed E-state index contributed by atoms with van der Waals surface area (Å²) in [6, 6.07) is 23.6. The Morgan fingerprint density at radius 3 is 1.45 bits per heavy atom. The summed E-state index contributed by atoms with van der Waals surface area (Å²) in [6.07, 6.45) is 0. The van der Waals surface area contributed by atoms with Crippen LogP contribution in [0.2, 0.25) is 0 Å². The summed E-state index contributed by atoms with van der Waals surface area (Å²) in [5.74, 6) is 1.89. The molecular weight excluding hydrogens is 487 g/mol. The van der Waals surface area contributed by atoms with Crippen molar-refractivity contribution in [2.24, 2.45) is 0 Å². The van der Waals surface area contributed by atoms with Crippen LogP contribution < -0.4 is 12.9 Å². The van der Waals surface area contributed by atoms with Crippen molar-refractivity contribution in [2.45, 2.75) is 66.2 Å². The minimum absolute atomic E-state index is 0. The topological polar surface area (TPSA) is 18.5 Å². The van der Waals surface area contributed by atoms with Crippen molar-refractivity contribution in [2.75, 3.05) is 0 Å². The van der Waals surface area contributed by atoms with Gasteiger partial charge in [-0.25, -0.2) is 0 Å². The molecule has 3 aromatic carbocycles. The summed E-state index contributed by atoms with van der Waals surface area (Å²) < 4.78 is 13.5. The van der Waals surface area contributed by atoms with Gasteiger partial charge in [0.25, 0.3) is 0 Å². The number of halogens is 1. The Morgan fingerprint density at radius 1 is 0.636 bits per heavy atom. The number of rotatable bonds is 6. The van der Waals surface area contributed by atoms with Gasteiger partial charge >= 0.3 is 201 Å². The first-order valence-electron chi connectivity index (χ1n) is 11.1. The summed E-state index contributed by atoms with van der Waals surface area (Å²) >= 11 is -1.95. The van der Waals surface area contributed by atoms with Gasteiger partial charge in [0, 0.05) is 0 Å². The fraction of sp³-hybridized carbons (Fsp3) is 0.357. The molecule has 0 N–H and O–H groups in total. The molecule has 179 valence electrons. The molecule has 33 heavy (non-hydrogen) atoms. The summed E-state index contributed by atoms with van der Waals surface area (Å²) in [5.41, 5.74) is 4.95. The third-order valence-corrected chi connectivity index (χ3v) is 9.53. The quantitative estimate of drug-likeness (QED) is 0.303. The zero-order valence-corrected chi connectivity index (χ0v) is 24.1. The van der Waals surface area contributed by atoms with Gasteiger partial charge in [0.15, 0.2) is 0 Å². The van der Waals surface area contributed by atoms with Crippen LogP contribution in [0.5, 0.6) is 11.5 Å². The summed E-state index contributed by atoms with van der Waals surface area (Å²) in [6.45, 7) is 17.7. The second kappa shape index (κ2) is 11.3. The Hall–Kier alpha value is -1.49. The van der Waals surface area contributed by atoms with E-state index in [1.54, 1.807) is 0 Å². The third-order valence-electron chi connectivity index (χ3n) is 5.19. The smallest absolute Gasteiger partial charge is 0.147 e. The first-order valence-corrected chi connectivity index (χ1v) is 14.9. The molecule has 2 nitrogen and oxygen atoms in total. The summed E-state index contributed by atoms with van der Waals surface area (Å²) in [5, 5.41) is 1.27. The van der Waals surface area contributed by atoms with Crippen molar-refractivity contribution in [3.05, 3.63) is 89.0 Å². The van der Waals surface area contributed by atoms with Crippen LogP contribution >= 0.6 is 19.6 Å². The first-order chi connectivity index (χ1) is 14.9. The van der Waals surface area contributed by atoms with E-state index in [0.717, 1.165) is 11.5 Å². The maximum absolute atomic E-state index is 6.75. The van der Waals surface area contributed by atoms with Gasteiger partial charge in [-0.3, -0.25) is 0 Å². The van der Waals surface area contributed by atoms with Gasteiger partial charge in [-0.2, -0.15) is 0 Å². The van der Waals surface area contributed by atoms with Crippen LogP contribution in [0.4, 0.5) is 0 Å². The number of benzene rings is 3. The molecular formula is C28H37ClCrO2P. The van der Waals surface area contributed by atoms with E-state index in [-0.39, 0.29) is 23.2 Å². The molecule has 1 atom stereocenters. The Bertz CT molecular complexity index is 990. The summed E-state index contributed by atoms with van der Waals surface area (Å²) in [4.78, 5) is 0. The van der Waals surface area contributed by atoms with Gasteiger partial charge in [0.2, 0.25) is 0 Å². The Balaban J connectivity index is 0.00000385. The van der Waals surface area contributed by atoms with Gasteiger partial charge in [-0.05, 0) is 0 Å². The zero-order valence-electron chi connectivity index (χ0n) is 21.0. The van der Waals surface area contributed by atoms with E-state index in [2.05, 4.69) is 122 Å². The standard InChI is InChI=1S/2C11H16O.C6H6P.ClH.Cr/c2*1-8-5-6-10(12)9(7-8)11(2,3)4;7-6-4-2-1-3-5-6;;/h2*5-7,12H,1-4H3;1-5,7H;1H;/q;;-1;;+3/p-2. The SMILES string of the molecule is Cc1ccc([O][Cr]([O]c2ccc(C)cc2C(C)(C)C)[PH]c2ccccc2)c(C(C)(C)C)c1.Cl. The van der Waals surface area contributed by atoms with Gasteiger partial charge in [-0.15, -0.1) is 12.4 Å². The van der Waals surface area contributed by atoms with Crippen LogP contribution in [0.1, 0.15) is 63.8 Å². The largest absolute Gasteiger partial charge is 0.147 e. The van der Waals surface area contributed by atoms with E-state index in [4.69, 9.17) is 7.58 Å². The number of hydrogen-bond donors (Lipinski definition) is 0. The van der Waals surface area contributed by atoms with Gasteiger partial charge in [0.05, 0.1) is 0 Å². The fourth-order valence-electron chi connectivity index (χ4n) is 3.43. The van der Waals surface area contributed by atoms with Crippen molar-refractivity contribution in [1.82, 2.24) is 0 Å². The van der Waals surface area contributed by atoms with E-state index in [1.807, 2.05) is 0 Å². The van der Waals surface area contributed by atoms with Crippen LogP contribution in [0.15, 0.2) is 66.7 Å². The van der Waals surface area contributed by atoms with Crippen molar-refractivity contribution in [3.8, 4) is 11.5 Å². The van der Waals surface area contributed by atoms with Crippen LogP contribution in [-0.4, -0.2) is 0 Å². The Kier molecular flexibility index (Phi) is 9.50.